The van der Waals surface area contributed by atoms with Crippen molar-refractivity contribution in [1.29, 1.82) is 0 Å². The fourth-order valence-electron chi connectivity index (χ4n) is 2.27. The molecule has 18 heavy (non-hydrogen) atoms. The fraction of sp³-hybridized carbons (Fsp3) is 0.533. The lowest BCUT2D eigenvalue weighted by Gasteiger charge is -2.16. The molecule has 1 saturated carbocycles. The third-order valence-electron chi connectivity index (χ3n) is 3.67. The smallest absolute Gasteiger partial charge is 0.319 e. The van der Waals surface area contributed by atoms with Crippen LogP contribution in [0.3, 0.4) is 0 Å². The van der Waals surface area contributed by atoms with E-state index in [1.165, 1.54) is 18.4 Å². The monoisotopic (exact) mass is 246 g/mol. The molecule has 2 amide bonds. The summed E-state index contributed by atoms with van der Waals surface area (Å²) in [4.78, 5) is 12.0. The van der Waals surface area contributed by atoms with Crippen molar-refractivity contribution in [3.63, 3.8) is 0 Å². The first-order valence-corrected chi connectivity index (χ1v) is 6.77. The summed E-state index contributed by atoms with van der Waals surface area (Å²) in [5, 5.41) is 6.01. The van der Waals surface area contributed by atoms with E-state index in [9.17, 15) is 4.79 Å². The van der Waals surface area contributed by atoms with Crippen molar-refractivity contribution in [3.8, 4) is 0 Å². The number of nitrogens with one attached hydrogen (secondary N) is 2. The first kappa shape index (κ1) is 12.9. The number of benzene rings is 1. The number of aryl methyl sites for hydroxylation is 2. The van der Waals surface area contributed by atoms with Gasteiger partial charge in [0.05, 0.1) is 0 Å². The van der Waals surface area contributed by atoms with Gasteiger partial charge in [0.25, 0.3) is 0 Å². The Morgan fingerprint density at radius 2 is 2.17 bits per heavy atom. The molecule has 0 aliphatic heterocycles. The first-order chi connectivity index (χ1) is 8.61. The summed E-state index contributed by atoms with van der Waals surface area (Å²) < 4.78 is 0. The largest absolute Gasteiger partial charge is 0.335 e. The average molecular weight is 246 g/mol. The van der Waals surface area contributed by atoms with Crippen LogP contribution >= 0.6 is 0 Å². The maximum atomic E-state index is 12.0. The Kier molecular flexibility index (Phi) is 3.90. The molecule has 1 unspecified atom stereocenters. The van der Waals surface area contributed by atoms with Gasteiger partial charge in [-0.05, 0) is 50.2 Å². The summed E-state index contributed by atoms with van der Waals surface area (Å²) in [6.45, 7) is 6.21. The highest BCUT2D eigenvalue weighted by molar-refractivity contribution is 5.91. The van der Waals surface area contributed by atoms with Gasteiger partial charge in [-0.1, -0.05) is 25.1 Å². The maximum absolute atomic E-state index is 12.0. The minimum atomic E-state index is -0.0848. The zero-order valence-electron chi connectivity index (χ0n) is 11.4. The van der Waals surface area contributed by atoms with Crippen molar-refractivity contribution in [2.45, 2.75) is 46.1 Å². The van der Waals surface area contributed by atoms with E-state index in [1.807, 2.05) is 19.1 Å². The number of carbonyl (C=O) groups excluding carboxylic acids is 1. The molecular weight excluding hydrogens is 224 g/mol. The number of anilines is 1. The number of rotatable bonds is 4. The Morgan fingerprint density at radius 3 is 2.78 bits per heavy atom. The third kappa shape index (κ3) is 3.03. The number of hydrogen-bond acceptors (Lipinski definition) is 1. The second-order valence-corrected chi connectivity index (χ2v) is 5.19. The van der Waals surface area contributed by atoms with Crippen LogP contribution in [0.1, 0.15) is 37.8 Å². The molecule has 0 heterocycles. The van der Waals surface area contributed by atoms with E-state index in [4.69, 9.17) is 0 Å². The molecule has 0 radical (unpaired) electrons. The van der Waals surface area contributed by atoms with Crippen molar-refractivity contribution in [2.24, 2.45) is 5.92 Å². The van der Waals surface area contributed by atoms with Crippen molar-refractivity contribution < 1.29 is 4.79 Å². The Bertz CT molecular complexity index is 438. The molecule has 1 atom stereocenters. The minimum absolute atomic E-state index is 0.0848. The molecule has 0 aromatic heterocycles. The van der Waals surface area contributed by atoms with E-state index < -0.39 is 0 Å². The maximum Gasteiger partial charge on any atom is 0.319 e. The second-order valence-electron chi connectivity index (χ2n) is 5.19. The molecule has 0 bridgehead atoms. The molecule has 1 fully saturated rings. The predicted molar refractivity (Wildman–Crippen MR) is 74.9 cm³/mol. The van der Waals surface area contributed by atoms with E-state index in [2.05, 4.69) is 30.5 Å². The highest BCUT2D eigenvalue weighted by Crippen LogP contribution is 2.32. The average Bonchev–Trinajstić information content (AvgIpc) is 3.15. The molecule has 1 aliphatic rings. The molecule has 2 N–H and O–H groups in total. The van der Waals surface area contributed by atoms with Gasteiger partial charge in [0.15, 0.2) is 0 Å². The SMILES string of the molecule is CCc1cccc(C)c1NC(=O)NC(C)C1CC1. The summed E-state index contributed by atoms with van der Waals surface area (Å²) in [7, 11) is 0. The van der Waals surface area contributed by atoms with Crippen molar-refractivity contribution >= 4 is 11.7 Å². The fourth-order valence-corrected chi connectivity index (χ4v) is 2.27. The number of urea groups is 1. The topological polar surface area (TPSA) is 41.1 Å². The van der Waals surface area contributed by atoms with Gasteiger partial charge in [-0.15, -0.1) is 0 Å². The molecule has 98 valence electrons. The minimum Gasteiger partial charge on any atom is -0.335 e. The van der Waals surface area contributed by atoms with Crippen LogP contribution in [0.25, 0.3) is 0 Å². The lowest BCUT2D eigenvalue weighted by molar-refractivity contribution is 0.248. The Hall–Kier alpha value is -1.51. The summed E-state index contributed by atoms with van der Waals surface area (Å²) in [5.41, 5.74) is 3.26. The highest BCUT2D eigenvalue weighted by Gasteiger charge is 2.28. The van der Waals surface area contributed by atoms with Gasteiger partial charge in [0.1, 0.15) is 0 Å². The van der Waals surface area contributed by atoms with Gasteiger partial charge in [-0.3, -0.25) is 0 Å². The predicted octanol–water partition coefficient (Wildman–Crippen LogP) is 3.48. The normalized spacial score (nSPS) is 16.2. The van der Waals surface area contributed by atoms with E-state index >= 15 is 0 Å². The lowest BCUT2D eigenvalue weighted by Crippen LogP contribution is -2.37. The van der Waals surface area contributed by atoms with Crippen molar-refractivity contribution in [3.05, 3.63) is 29.3 Å². The Morgan fingerprint density at radius 1 is 1.44 bits per heavy atom. The van der Waals surface area contributed by atoms with Crippen LogP contribution < -0.4 is 10.6 Å². The third-order valence-corrected chi connectivity index (χ3v) is 3.67. The summed E-state index contributed by atoms with van der Waals surface area (Å²) >= 11 is 0. The summed E-state index contributed by atoms with van der Waals surface area (Å²) in [6, 6.07) is 6.31. The van der Waals surface area contributed by atoms with Crippen LogP contribution in [0.4, 0.5) is 10.5 Å². The Labute approximate surface area is 109 Å². The zero-order chi connectivity index (χ0) is 13.1. The van der Waals surface area contributed by atoms with Gasteiger partial charge < -0.3 is 10.6 Å². The molecule has 1 aromatic carbocycles. The van der Waals surface area contributed by atoms with E-state index in [0.717, 1.165) is 17.7 Å². The molecule has 0 saturated heterocycles. The van der Waals surface area contributed by atoms with E-state index in [0.29, 0.717) is 5.92 Å². The molecular formula is C15H22N2O. The van der Waals surface area contributed by atoms with Gasteiger partial charge in [0.2, 0.25) is 0 Å². The molecule has 3 nitrogen and oxygen atoms in total. The highest BCUT2D eigenvalue weighted by atomic mass is 16.2. The van der Waals surface area contributed by atoms with Gasteiger partial charge >= 0.3 is 6.03 Å². The summed E-state index contributed by atoms with van der Waals surface area (Å²) in [6.07, 6.45) is 3.41. The lowest BCUT2D eigenvalue weighted by atomic mass is 10.1. The number of carbonyl (C=O) groups is 1. The number of amides is 2. The van der Waals surface area contributed by atoms with Crippen LogP contribution in [-0.2, 0) is 6.42 Å². The quantitative estimate of drug-likeness (QED) is 0.839. The standard InChI is InChI=1S/C15H22N2O/c1-4-12-7-5-6-10(2)14(12)17-15(18)16-11(3)13-8-9-13/h5-7,11,13H,4,8-9H2,1-3H3,(H2,16,17,18). The molecule has 1 aromatic rings. The van der Waals surface area contributed by atoms with Gasteiger partial charge in [-0.25, -0.2) is 4.79 Å². The van der Waals surface area contributed by atoms with Crippen LogP contribution in [-0.4, -0.2) is 12.1 Å². The van der Waals surface area contributed by atoms with Crippen LogP contribution in [0.2, 0.25) is 0 Å². The summed E-state index contributed by atoms with van der Waals surface area (Å²) in [5.74, 6) is 0.679. The second kappa shape index (κ2) is 5.42. The van der Waals surface area contributed by atoms with Crippen molar-refractivity contribution in [1.82, 2.24) is 5.32 Å². The van der Waals surface area contributed by atoms with Gasteiger partial charge in [-0.2, -0.15) is 0 Å². The van der Waals surface area contributed by atoms with Crippen LogP contribution in [0.5, 0.6) is 0 Å². The number of para-hydroxylation sites is 1. The van der Waals surface area contributed by atoms with E-state index in [1.54, 1.807) is 0 Å². The Balaban J connectivity index is 2.01. The van der Waals surface area contributed by atoms with Gasteiger partial charge in [0, 0.05) is 11.7 Å². The van der Waals surface area contributed by atoms with E-state index in [-0.39, 0.29) is 12.1 Å². The van der Waals surface area contributed by atoms with Crippen LogP contribution in [0.15, 0.2) is 18.2 Å². The van der Waals surface area contributed by atoms with Crippen LogP contribution in [0, 0.1) is 12.8 Å². The van der Waals surface area contributed by atoms with Crippen molar-refractivity contribution in [2.75, 3.05) is 5.32 Å². The zero-order valence-corrected chi connectivity index (χ0v) is 11.4. The molecule has 0 spiro atoms. The molecule has 1 aliphatic carbocycles. The molecule has 2 rings (SSSR count). The number of hydrogen-bond donors (Lipinski definition) is 2. The molecule has 3 heteroatoms. The first-order valence-electron chi connectivity index (χ1n) is 6.77.